The molecular weight excluding hydrogens is 455 g/mol. The zero-order valence-electron chi connectivity index (χ0n) is 18.8. The number of halogens is 1. The predicted octanol–water partition coefficient (Wildman–Crippen LogP) is 3.58. The van der Waals surface area contributed by atoms with Crippen molar-refractivity contribution in [1.82, 2.24) is 9.55 Å². The standard InChI is InChI=1S/C25H27FN2O3SSi/c1-25(2,3)33(19-10-6-4-7-11-19,20-12-8-5-9-13-20)31-17-18-16-21(26)23(32-18)28-15-14-22(29)27-24(28)30/h4-16,18,23H,17H2,1-3H3,(H,27,29,30)/t18-,23+/m1/s1. The topological polar surface area (TPSA) is 64.1 Å². The van der Waals surface area contributed by atoms with Gasteiger partial charge in [0.05, 0.1) is 11.9 Å². The van der Waals surface area contributed by atoms with Crippen LogP contribution in [0, 0.1) is 0 Å². The first kappa shape index (κ1) is 23.5. The van der Waals surface area contributed by atoms with E-state index in [2.05, 4.69) is 50.0 Å². The molecule has 2 heterocycles. The minimum absolute atomic E-state index is 0.184. The molecule has 0 spiro atoms. The van der Waals surface area contributed by atoms with Gasteiger partial charge in [-0.05, 0) is 21.5 Å². The van der Waals surface area contributed by atoms with Crippen LogP contribution in [0.15, 0.2) is 94.4 Å². The summed E-state index contributed by atoms with van der Waals surface area (Å²) in [4.78, 5) is 25.7. The second-order valence-corrected chi connectivity index (χ2v) is 14.7. The molecule has 2 aromatic carbocycles. The van der Waals surface area contributed by atoms with Crippen LogP contribution in [0.5, 0.6) is 0 Å². The summed E-state index contributed by atoms with van der Waals surface area (Å²) < 4.78 is 23.0. The number of thioether (sulfide) groups is 1. The average Bonchev–Trinajstić information content (AvgIpc) is 3.15. The molecule has 5 nitrogen and oxygen atoms in total. The van der Waals surface area contributed by atoms with Crippen molar-refractivity contribution in [1.29, 1.82) is 0 Å². The number of hydrogen-bond acceptors (Lipinski definition) is 4. The predicted molar refractivity (Wildman–Crippen MR) is 135 cm³/mol. The average molecular weight is 483 g/mol. The molecule has 0 fully saturated rings. The van der Waals surface area contributed by atoms with Crippen LogP contribution < -0.4 is 21.6 Å². The molecule has 0 amide bonds. The number of nitrogens with zero attached hydrogens (tertiary/aromatic N) is 1. The van der Waals surface area contributed by atoms with E-state index in [4.69, 9.17) is 4.43 Å². The van der Waals surface area contributed by atoms with Gasteiger partial charge in [0, 0.05) is 12.3 Å². The van der Waals surface area contributed by atoms with Gasteiger partial charge in [-0.2, -0.15) is 0 Å². The van der Waals surface area contributed by atoms with Crippen molar-refractivity contribution in [3.8, 4) is 0 Å². The molecule has 33 heavy (non-hydrogen) atoms. The highest BCUT2D eigenvalue weighted by Crippen LogP contribution is 2.43. The zero-order chi connectivity index (χ0) is 23.6. The Morgan fingerprint density at radius 3 is 2.09 bits per heavy atom. The van der Waals surface area contributed by atoms with Gasteiger partial charge >= 0.3 is 5.69 Å². The Hall–Kier alpha value is -2.68. The largest absolute Gasteiger partial charge is 0.406 e. The summed E-state index contributed by atoms with van der Waals surface area (Å²) in [7, 11) is -2.74. The van der Waals surface area contributed by atoms with Gasteiger partial charge in [0.2, 0.25) is 0 Å². The van der Waals surface area contributed by atoms with Gasteiger partial charge in [-0.3, -0.25) is 14.3 Å². The molecule has 0 saturated carbocycles. The second-order valence-electron chi connectivity index (χ2n) is 9.07. The molecular formula is C25H27FN2O3SSi. The maximum atomic E-state index is 14.8. The minimum atomic E-state index is -2.74. The second kappa shape index (κ2) is 9.28. The van der Waals surface area contributed by atoms with E-state index in [-0.39, 0.29) is 10.3 Å². The fourth-order valence-corrected chi connectivity index (χ4v) is 10.3. The van der Waals surface area contributed by atoms with Gasteiger partial charge in [-0.25, -0.2) is 9.18 Å². The van der Waals surface area contributed by atoms with E-state index in [9.17, 15) is 14.0 Å². The number of H-pyrrole nitrogens is 1. The summed E-state index contributed by atoms with van der Waals surface area (Å²) in [6.45, 7) is 6.89. The Labute approximate surface area is 197 Å². The monoisotopic (exact) mass is 482 g/mol. The number of benzene rings is 2. The number of aromatic amines is 1. The Bertz CT molecular complexity index is 1210. The Balaban J connectivity index is 1.66. The first-order valence-electron chi connectivity index (χ1n) is 10.8. The molecule has 1 N–H and O–H groups in total. The van der Waals surface area contributed by atoms with Crippen LogP contribution in [0.1, 0.15) is 26.1 Å². The fourth-order valence-electron chi connectivity index (χ4n) is 4.40. The number of nitrogens with one attached hydrogen (secondary N) is 1. The Morgan fingerprint density at radius 1 is 1.00 bits per heavy atom. The molecule has 0 bridgehead atoms. The van der Waals surface area contributed by atoms with Crippen molar-refractivity contribution in [2.24, 2.45) is 0 Å². The SMILES string of the molecule is CC(C)(C)[Si](OC[C@H]1C=C(F)[C@@H](n2ccc(=O)[nH]c2=O)S1)(c1ccccc1)c1ccccc1. The smallest absolute Gasteiger partial charge is 0.329 e. The van der Waals surface area contributed by atoms with E-state index in [0.717, 1.165) is 10.4 Å². The van der Waals surface area contributed by atoms with Gasteiger partial charge in [0.1, 0.15) is 11.2 Å². The van der Waals surface area contributed by atoms with E-state index < -0.39 is 30.8 Å². The molecule has 2 atom stereocenters. The van der Waals surface area contributed by atoms with E-state index in [1.54, 1.807) is 0 Å². The molecule has 3 aromatic rings. The van der Waals surface area contributed by atoms with Crippen LogP contribution in [-0.4, -0.2) is 29.7 Å². The highest BCUT2D eigenvalue weighted by Gasteiger charge is 2.50. The van der Waals surface area contributed by atoms with Gasteiger partial charge in [-0.15, -0.1) is 11.8 Å². The Kier molecular flexibility index (Phi) is 6.60. The van der Waals surface area contributed by atoms with Gasteiger partial charge < -0.3 is 4.43 Å². The highest BCUT2D eigenvalue weighted by molar-refractivity contribution is 8.00. The maximum absolute atomic E-state index is 14.8. The van der Waals surface area contributed by atoms with Gasteiger partial charge in [-0.1, -0.05) is 81.4 Å². The van der Waals surface area contributed by atoms with E-state index in [1.165, 1.54) is 34.7 Å². The van der Waals surface area contributed by atoms with E-state index in [1.807, 2.05) is 36.4 Å². The normalized spacial score (nSPS) is 18.8. The lowest BCUT2D eigenvalue weighted by Crippen LogP contribution is -2.67. The molecule has 0 unspecified atom stereocenters. The van der Waals surface area contributed by atoms with Crippen LogP contribution in [0.4, 0.5) is 4.39 Å². The summed E-state index contributed by atoms with van der Waals surface area (Å²) in [5, 5.41) is 1.04. The molecule has 172 valence electrons. The molecule has 1 aromatic heterocycles. The highest BCUT2D eigenvalue weighted by atomic mass is 32.2. The number of rotatable bonds is 6. The van der Waals surface area contributed by atoms with Crippen LogP contribution in [0.25, 0.3) is 0 Å². The van der Waals surface area contributed by atoms with Crippen molar-refractivity contribution in [3.63, 3.8) is 0 Å². The fraction of sp³-hybridized carbons (Fsp3) is 0.280. The lowest BCUT2D eigenvalue weighted by atomic mass is 10.2. The van der Waals surface area contributed by atoms with Crippen LogP contribution in [0.3, 0.4) is 0 Å². The minimum Gasteiger partial charge on any atom is -0.406 e. The summed E-state index contributed by atoms with van der Waals surface area (Å²) in [6, 6.07) is 21.8. The number of aromatic nitrogens is 2. The van der Waals surface area contributed by atoms with Crippen molar-refractivity contribution < 1.29 is 8.82 Å². The first-order valence-corrected chi connectivity index (χ1v) is 13.7. The summed E-state index contributed by atoms with van der Waals surface area (Å²) in [6.07, 6.45) is 2.85. The van der Waals surface area contributed by atoms with Crippen LogP contribution in [0.2, 0.25) is 5.04 Å². The Morgan fingerprint density at radius 2 is 1.58 bits per heavy atom. The maximum Gasteiger partial charge on any atom is 0.329 e. The third-order valence-corrected chi connectivity index (χ3v) is 12.2. The lowest BCUT2D eigenvalue weighted by Gasteiger charge is -2.43. The summed E-state index contributed by atoms with van der Waals surface area (Å²) in [5.41, 5.74) is -1.13. The quantitative estimate of drug-likeness (QED) is 0.546. The molecule has 0 aliphatic carbocycles. The van der Waals surface area contributed by atoms with E-state index in [0.29, 0.717) is 6.61 Å². The van der Waals surface area contributed by atoms with Crippen LogP contribution >= 0.6 is 11.8 Å². The molecule has 4 rings (SSSR count). The van der Waals surface area contributed by atoms with Crippen molar-refractivity contribution in [2.75, 3.05) is 6.61 Å². The zero-order valence-corrected chi connectivity index (χ0v) is 20.6. The summed E-state index contributed by atoms with van der Waals surface area (Å²) in [5.74, 6) is -0.412. The molecule has 0 radical (unpaired) electrons. The first-order chi connectivity index (χ1) is 15.7. The van der Waals surface area contributed by atoms with Crippen molar-refractivity contribution in [2.45, 2.75) is 36.4 Å². The van der Waals surface area contributed by atoms with Gasteiger partial charge in [0.25, 0.3) is 13.9 Å². The molecule has 8 heteroatoms. The van der Waals surface area contributed by atoms with Crippen molar-refractivity contribution >= 4 is 30.5 Å². The van der Waals surface area contributed by atoms with Crippen molar-refractivity contribution in [3.05, 3.63) is 106 Å². The lowest BCUT2D eigenvalue weighted by molar-refractivity contribution is 0.308. The third kappa shape index (κ3) is 4.55. The number of hydrogen-bond donors (Lipinski definition) is 1. The van der Waals surface area contributed by atoms with E-state index >= 15 is 0 Å². The van der Waals surface area contributed by atoms with Crippen LogP contribution in [-0.2, 0) is 4.43 Å². The molecule has 1 aliphatic rings. The molecule has 1 aliphatic heterocycles. The molecule has 0 saturated heterocycles. The van der Waals surface area contributed by atoms with Gasteiger partial charge in [0.15, 0.2) is 0 Å². The summed E-state index contributed by atoms with van der Waals surface area (Å²) >= 11 is 1.30. The third-order valence-electron chi connectivity index (χ3n) is 5.87.